The molecule has 3 aliphatic rings. The van der Waals surface area contributed by atoms with E-state index in [2.05, 4.69) is 141 Å². The van der Waals surface area contributed by atoms with Crippen molar-refractivity contribution in [2.24, 2.45) is 0 Å². The summed E-state index contributed by atoms with van der Waals surface area (Å²) in [6, 6.07) is -0.999. The number of amides is 1. The van der Waals surface area contributed by atoms with Gasteiger partial charge in [0, 0.05) is 6.42 Å². The van der Waals surface area contributed by atoms with Crippen LogP contribution in [-0.4, -0.2) is 193 Å². The summed E-state index contributed by atoms with van der Waals surface area (Å²) in [5, 5.41) is 121. The molecule has 102 heavy (non-hydrogen) atoms. The van der Waals surface area contributed by atoms with Crippen molar-refractivity contribution >= 4 is 5.91 Å². The highest BCUT2D eigenvalue weighted by molar-refractivity contribution is 5.76. The van der Waals surface area contributed by atoms with Gasteiger partial charge in [0.2, 0.25) is 5.91 Å². The highest BCUT2D eigenvalue weighted by atomic mass is 16.8. The summed E-state index contributed by atoms with van der Waals surface area (Å²) in [6.07, 6.45) is 61.6. The smallest absolute Gasteiger partial charge is 0.220 e. The molecule has 3 saturated heterocycles. The lowest BCUT2D eigenvalue weighted by Gasteiger charge is -2.48. The van der Waals surface area contributed by atoms with Crippen molar-refractivity contribution in [1.29, 1.82) is 0 Å². The number of unbranched alkanes of at least 4 members (excludes halogenated alkanes) is 24. The maximum absolute atomic E-state index is 13.4. The lowest BCUT2D eigenvalue weighted by atomic mass is 9.96. The van der Waals surface area contributed by atoms with Crippen LogP contribution in [0.5, 0.6) is 0 Å². The monoisotopic (exact) mass is 1440 g/mol. The van der Waals surface area contributed by atoms with E-state index in [4.69, 9.17) is 28.4 Å². The summed E-state index contributed by atoms with van der Waals surface area (Å²) >= 11 is 0. The molecule has 0 aromatic rings. The summed E-state index contributed by atoms with van der Waals surface area (Å²) < 4.78 is 34.4. The molecular weight excluding hydrogens is 1300 g/mol. The molecular formula is C83H139NO18. The van der Waals surface area contributed by atoms with E-state index in [-0.39, 0.29) is 18.9 Å². The fourth-order valence-electron chi connectivity index (χ4n) is 12.4. The molecule has 0 radical (unpaired) electrons. The third-order valence-electron chi connectivity index (χ3n) is 18.7. The molecule has 3 heterocycles. The molecule has 0 aromatic heterocycles. The van der Waals surface area contributed by atoms with Crippen LogP contribution in [0.25, 0.3) is 0 Å². The van der Waals surface area contributed by atoms with E-state index < -0.39 is 124 Å². The fourth-order valence-corrected chi connectivity index (χ4v) is 12.4. The van der Waals surface area contributed by atoms with Gasteiger partial charge in [-0.05, 0) is 103 Å². The number of ether oxygens (including phenoxy) is 6. The minimum atomic E-state index is -1.99. The van der Waals surface area contributed by atoms with Crippen LogP contribution in [-0.2, 0) is 33.2 Å². The lowest BCUT2D eigenvalue weighted by molar-refractivity contribution is -0.379. The van der Waals surface area contributed by atoms with Crippen LogP contribution in [0.1, 0.15) is 251 Å². The molecule has 1 amide bonds. The van der Waals surface area contributed by atoms with Crippen LogP contribution in [0.15, 0.2) is 134 Å². The Hall–Kier alpha value is -4.07. The van der Waals surface area contributed by atoms with Gasteiger partial charge in [0.25, 0.3) is 0 Å². The minimum Gasteiger partial charge on any atom is -0.394 e. The molecule has 3 aliphatic heterocycles. The molecule has 584 valence electrons. The molecule has 0 saturated carbocycles. The van der Waals surface area contributed by atoms with Gasteiger partial charge in [-0.3, -0.25) is 4.79 Å². The van der Waals surface area contributed by atoms with Crippen molar-refractivity contribution in [1.82, 2.24) is 5.32 Å². The second kappa shape index (κ2) is 62.0. The number of nitrogens with one attached hydrogen (secondary N) is 1. The first-order valence-corrected chi connectivity index (χ1v) is 39.4. The normalized spacial score (nSPS) is 26.9. The largest absolute Gasteiger partial charge is 0.394 e. The Kier molecular flexibility index (Phi) is 56.0. The van der Waals surface area contributed by atoms with Gasteiger partial charge >= 0.3 is 0 Å². The molecule has 19 nitrogen and oxygen atoms in total. The number of rotatable bonds is 60. The van der Waals surface area contributed by atoms with Crippen molar-refractivity contribution in [3.05, 3.63) is 134 Å². The summed E-state index contributed by atoms with van der Waals surface area (Å²) in [4.78, 5) is 13.4. The summed E-state index contributed by atoms with van der Waals surface area (Å²) in [5.74, 6) is -0.291. The van der Waals surface area contributed by atoms with E-state index >= 15 is 0 Å². The Balaban J connectivity index is 1.33. The first-order chi connectivity index (χ1) is 49.8. The standard InChI is InChI=1S/C83H139NO18/c1-3-5-7-9-11-13-15-17-19-21-22-23-24-25-26-27-28-29-30-31-32-33-34-35-36-37-38-39-40-41-42-43-44-45-47-49-51-53-55-57-59-61-71(89)84-66(67(88)60-58-56-54-52-50-48-46-20-18-16-14-12-10-8-6-4-2)65-97-81-77(95)74(92)79(69(63-86)99-81)102-83-78(96)75(93)80(70(64-87)100-83)101-82-76(94)73(91)72(90)68(62-85)98-82/h5,7,11,13,17,19,22-23,25-26,28-29,31-32,34-35,37-38,50,52,58,60,66-70,72-83,85-88,90-96H,3-4,6,8-10,12,14-16,18,20-21,24,27,30,33,36,39-49,51,53-57,59,61-65H2,1-2H3,(H,84,89)/b7-5-,13-11-,19-17-,23-22-,26-25-,29-28-,32-31-,35-34-,38-37-,52-50+,60-58+. The van der Waals surface area contributed by atoms with Gasteiger partial charge in [-0.25, -0.2) is 0 Å². The maximum atomic E-state index is 13.4. The zero-order valence-electron chi connectivity index (χ0n) is 62.3. The lowest BCUT2D eigenvalue weighted by Crippen LogP contribution is -2.66. The van der Waals surface area contributed by atoms with Crippen LogP contribution in [0, 0.1) is 0 Å². The SMILES string of the molecule is CC/C=C\C/C=C\C/C=C\C/C=C\C/C=C\C/C=C\C/C=C\C/C=C\C/C=C\CCCCCCCCCCCCCCCC(=O)NC(COC1OC(CO)C(OC2OC(CO)C(OC3OC(CO)C(O)C(O)C3O)C(O)C2O)C(O)C1O)C(O)/C=C/CC/C=C/CCCCCCCCCCCC. The predicted octanol–water partition coefficient (Wildman–Crippen LogP) is 12.9. The van der Waals surface area contributed by atoms with Crippen LogP contribution in [0.3, 0.4) is 0 Å². The van der Waals surface area contributed by atoms with Crippen LogP contribution < -0.4 is 5.32 Å². The summed E-state index contributed by atoms with van der Waals surface area (Å²) in [7, 11) is 0. The Morgan fingerprint density at radius 1 is 0.363 bits per heavy atom. The van der Waals surface area contributed by atoms with Crippen LogP contribution in [0.2, 0.25) is 0 Å². The number of aliphatic hydroxyl groups excluding tert-OH is 11. The van der Waals surface area contributed by atoms with Gasteiger partial charge in [0.15, 0.2) is 18.9 Å². The molecule has 3 rings (SSSR count). The molecule has 12 N–H and O–H groups in total. The second-order valence-electron chi connectivity index (χ2n) is 27.4. The van der Waals surface area contributed by atoms with Crippen molar-refractivity contribution in [2.45, 2.75) is 356 Å². The number of carbonyl (C=O) groups is 1. The van der Waals surface area contributed by atoms with Crippen LogP contribution >= 0.6 is 0 Å². The van der Waals surface area contributed by atoms with Crippen molar-refractivity contribution in [3.8, 4) is 0 Å². The third-order valence-corrected chi connectivity index (χ3v) is 18.7. The van der Waals surface area contributed by atoms with Crippen molar-refractivity contribution < 1.29 is 89.4 Å². The van der Waals surface area contributed by atoms with E-state index in [0.29, 0.717) is 12.8 Å². The number of aliphatic hydroxyl groups is 11. The first-order valence-electron chi connectivity index (χ1n) is 39.4. The minimum absolute atomic E-state index is 0.227. The Morgan fingerprint density at radius 2 is 0.686 bits per heavy atom. The quantitative estimate of drug-likeness (QED) is 0.0199. The average molecular weight is 1440 g/mol. The van der Waals surface area contributed by atoms with Gasteiger partial charge in [-0.2, -0.15) is 0 Å². The third kappa shape index (κ3) is 41.7. The zero-order chi connectivity index (χ0) is 73.9. The van der Waals surface area contributed by atoms with E-state index in [1.165, 1.54) is 109 Å². The molecule has 0 aromatic carbocycles. The average Bonchev–Trinajstić information content (AvgIpc) is 0.755. The molecule has 17 unspecified atom stereocenters. The topological polar surface area (TPSA) is 307 Å². The summed E-state index contributed by atoms with van der Waals surface area (Å²) in [6.45, 7) is 1.59. The number of hydrogen-bond acceptors (Lipinski definition) is 18. The molecule has 0 aliphatic carbocycles. The Bertz CT molecular complexity index is 2370. The van der Waals surface area contributed by atoms with Gasteiger partial charge in [0.1, 0.15) is 73.2 Å². The number of hydrogen-bond donors (Lipinski definition) is 12. The molecule has 17 atom stereocenters. The van der Waals surface area contributed by atoms with Crippen molar-refractivity contribution in [3.63, 3.8) is 0 Å². The first kappa shape index (κ1) is 92.1. The molecule has 0 bridgehead atoms. The van der Waals surface area contributed by atoms with Gasteiger partial charge in [-0.15, -0.1) is 0 Å². The second-order valence-corrected chi connectivity index (χ2v) is 27.4. The van der Waals surface area contributed by atoms with E-state index in [1.54, 1.807) is 6.08 Å². The molecule has 3 fully saturated rings. The van der Waals surface area contributed by atoms with Gasteiger partial charge in [0.05, 0.1) is 38.6 Å². The summed E-state index contributed by atoms with van der Waals surface area (Å²) in [5.41, 5.74) is 0. The number of carbonyl (C=O) groups excluding carboxylic acids is 1. The predicted molar refractivity (Wildman–Crippen MR) is 406 cm³/mol. The molecule has 19 heteroatoms. The number of allylic oxidation sites excluding steroid dienone is 21. The van der Waals surface area contributed by atoms with Gasteiger partial charge in [-0.1, -0.05) is 276 Å². The zero-order valence-corrected chi connectivity index (χ0v) is 62.3. The molecule has 0 spiro atoms. The fraction of sp³-hybridized carbons (Fsp3) is 0.723. The van der Waals surface area contributed by atoms with Crippen molar-refractivity contribution in [2.75, 3.05) is 26.4 Å². The highest BCUT2D eigenvalue weighted by Crippen LogP contribution is 2.33. The van der Waals surface area contributed by atoms with Crippen LogP contribution in [0.4, 0.5) is 0 Å². The van der Waals surface area contributed by atoms with Gasteiger partial charge < -0.3 is 89.9 Å². The van der Waals surface area contributed by atoms with E-state index in [0.717, 1.165) is 109 Å². The highest BCUT2D eigenvalue weighted by Gasteiger charge is 2.53. The van der Waals surface area contributed by atoms with E-state index in [1.807, 2.05) is 6.08 Å². The van der Waals surface area contributed by atoms with E-state index in [9.17, 15) is 61.0 Å². The Morgan fingerprint density at radius 3 is 1.10 bits per heavy atom. The Labute approximate surface area is 613 Å². The maximum Gasteiger partial charge on any atom is 0.220 e.